The maximum Gasteiger partial charge on any atom is 0.358 e. The number of hydrogen-bond acceptors (Lipinski definition) is 5. The van der Waals surface area contributed by atoms with Crippen molar-refractivity contribution in [3.8, 4) is 0 Å². The summed E-state index contributed by atoms with van der Waals surface area (Å²) in [5.74, 6) is -1.88. The Labute approximate surface area is 192 Å². The lowest BCUT2D eigenvalue weighted by Gasteiger charge is -2.44. The van der Waals surface area contributed by atoms with Crippen LogP contribution in [-0.4, -0.2) is 46.3 Å². The van der Waals surface area contributed by atoms with Crippen LogP contribution < -0.4 is 10.2 Å². The van der Waals surface area contributed by atoms with Gasteiger partial charge in [-0.05, 0) is 50.5 Å². The van der Waals surface area contributed by atoms with Gasteiger partial charge in [0.2, 0.25) is 5.91 Å². The SMILES string of the molecule is COC(=O)c1cc2n(n1)CC(C)(C(=O)NC1CCCCCC1)N(c1ccc(F)cc1C)C2=O. The molecule has 0 bridgehead atoms. The van der Waals surface area contributed by atoms with Crippen molar-refractivity contribution in [3.05, 3.63) is 47.0 Å². The summed E-state index contributed by atoms with van der Waals surface area (Å²) in [4.78, 5) is 40.8. The molecule has 8 nitrogen and oxygen atoms in total. The number of halogens is 1. The highest BCUT2D eigenvalue weighted by molar-refractivity contribution is 6.12. The molecule has 0 saturated heterocycles. The summed E-state index contributed by atoms with van der Waals surface area (Å²) in [6.45, 7) is 3.42. The molecule has 2 aromatic rings. The molecule has 1 aromatic carbocycles. The number of rotatable bonds is 4. The molecule has 33 heavy (non-hydrogen) atoms. The van der Waals surface area contributed by atoms with Crippen molar-refractivity contribution in [1.29, 1.82) is 0 Å². The van der Waals surface area contributed by atoms with E-state index in [4.69, 9.17) is 4.74 Å². The lowest BCUT2D eigenvalue weighted by Crippen LogP contribution is -2.65. The molecule has 1 N–H and O–H groups in total. The molecule has 1 unspecified atom stereocenters. The van der Waals surface area contributed by atoms with Crippen LogP contribution in [0.2, 0.25) is 0 Å². The predicted octanol–water partition coefficient (Wildman–Crippen LogP) is 3.38. The lowest BCUT2D eigenvalue weighted by molar-refractivity contribution is -0.127. The second-order valence-electron chi connectivity index (χ2n) is 9.07. The first-order chi connectivity index (χ1) is 15.7. The van der Waals surface area contributed by atoms with Crippen molar-refractivity contribution < 1.29 is 23.5 Å². The smallest absolute Gasteiger partial charge is 0.358 e. The van der Waals surface area contributed by atoms with E-state index < -0.39 is 23.2 Å². The number of fused-ring (bicyclic) bond motifs is 1. The Kier molecular flexibility index (Phi) is 6.23. The minimum atomic E-state index is -1.33. The third-order valence-electron chi connectivity index (χ3n) is 6.63. The fraction of sp³-hybridized carbons (Fsp3) is 0.500. The van der Waals surface area contributed by atoms with E-state index in [-0.39, 0.29) is 29.9 Å². The third-order valence-corrected chi connectivity index (χ3v) is 6.63. The van der Waals surface area contributed by atoms with Crippen molar-refractivity contribution >= 4 is 23.5 Å². The molecule has 1 aliphatic carbocycles. The third kappa shape index (κ3) is 4.24. The highest BCUT2D eigenvalue weighted by atomic mass is 19.1. The number of methoxy groups -OCH3 is 1. The van der Waals surface area contributed by atoms with Crippen LogP contribution in [0.5, 0.6) is 0 Å². The van der Waals surface area contributed by atoms with Gasteiger partial charge in [0.05, 0.1) is 13.7 Å². The average molecular weight is 457 g/mol. The van der Waals surface area contributed by atoms with E-state index in [1.165, 1.54) is 41.0 Å². The van der Waals surface area contributed by atoms with Gasteiger partial charge in [-0.15, -0.1) is 0 Å². The molecule has 0 radical (unpaired) electrons. The summed E-state index contributed by atoms with van der Waals surface area (Å²) in [7, 11) is 1.24. The van der Waals surface area contributed by atoms with Crippen molar-refractivity contribution in [2.75, 3.05) is 12.0 Å². The summed E-state index contributed by atoms with van der Waals surface area (Å²) in [5, 5.41) is 7.38. The minimum Gasteiger partial charge on any atom is -0.464 e. The van der Waals surface area contributed by atoms with Crippen molar-refractivity contribution in [3.63, 3.8) is 0 Å². The second-order valence-corrected chi connectivity index (χ2v) is 9.07. The van der Waals surface area contributed by atoms with Gasteiger partial charge < -0.3 is 10.1 Å². The fourth-order valence-corrected chi connectivity index (χ4v) is 4.80. The number of amides is 2. The number of esters is 1. The second kappa shape index (κ2) is 8.96. The van der Waals surface area contributed by atoms with Gasteiger partial charge in [0, 0.05) is 17.8 Å². The number of aromatic nitrogens is 2. The Hall–Kier alpha value is -3.23. The Morgan fingerprint density at radius 1 is 1.18 bits per heavy atom. The molecular formula is C24H29FN4O4. The summed E-state index contributed by atoms with van der Waals surface area (Å²) < 4.78 is 20.0. The number of ether oxygens (including phenoxy) is 1. The highest BCUT2D eigenvalue weighted by Gasteiger charge is 2.50. The average Bonchev–Trinajstić information content (AvgIpc) is 3.03. The zero-order valence-electron chi connectivity index (χ0n) is 19.2. The Bertz CT molecular complexity index is 1090. The van der Waals surface area contributed by atoms with Crippen LogP contribution >= 0.6 is 0 Å². The van der Waals surface area contributed by atoms with Crippen molar-refractivity contribution in [2.24, 2.45) is 0 Å². The first kappa shape index (κ1) is 22.9. The van der Waals surface area contributed by atoms with Crippen LogP contribution in [0.15, 0.2) is 24.3 Å². The van der Waals surface area contributed by atoms with Gasteiger partial charge in [0.15, 0.2) is 5.69 Å². The minimum absolute atomic E-state index is 0.00921. The zero-order valence-corrected chi connectivity index (χ0v) is 19.2. The molecule has 0 spiro atoms. The molecular weight excluding hydrogens is 427 g/mol. The first-order valence-corrected chi connectivity index (χ1v) is 11.3. The predicted molar refractivity (Wildman–Crippen MR) is 120 cm³/mol. The van der Waals surface area contributed by atoms with E-state index in [1.807, 2.05) is 0 Å². The van der Waals surface area contributed by atoms with Gasteiger partial charge in [-0.2, -0.15) is 5.10 Å². The molecule has 2 heterocycles. The standard InChI is InChI=1S/C24H29FN4O4/c1-15-12-16(25)10-11-19(15)29-21(30)20-13-18(22(31)33-3)27-28(20)14-24(29,2)23(32)26-17-8-6-4-5-7-9-17/h10-13,17H,4-9,14H2,1-3H3,(H,26,32). The number of anilines is 1. The van der Waals surface area contributed by atoms with Crippen LogP contribution in [-0.2, 0) is 16.1 Å². The van der Waals surface area contributed by atoms with E-state index in [9.17, 15) is 18.8 Å². The van der Waals surface area contributed by atoms with Gasteiger partial charge in [0.25, 0.3) is 5.91 Å². The number of aryl methyl sites for hydroxylation is 1. The maximum atomic E-state index is 13.8. The zero-order chi connectivity index (χ0) is 23.8. The lowest BCUT2D eigenvalue weighted by atomic mass is 9.92. The highest BCUT2D eigenvalue weighted by Crippen LogP contribution is 2.35. The van der Waals surface area contributed by atoms with Crippen LogP contribution in [0.25, 0.3) is 0 Å². The van der Waals surface area contributed by atoms with Gasteiger partial charge in [-0.25, -0.2) is 9.18 Å². The van der Waals surface area contributed by atoms with Gasteiger partial charge in [-0.3, -0.25) is 19.2 Å². The van der Waals surface area contributed by atoms with Crippen LogP contribution in [0, 0.1) is 12.7 Å². The normalized spacial score (nSPS) is 21.3. The van der Waals surface area contributed by atoms with Gasteiger partial charge in [-0.1, -0.05) is 25.7 Å². The molecule has 1 atom stereocenters. The molecule has 1 saturated carbocycles. The van der Waals surface area contributed by atoms with Crippen LogP contribution in [0.3, 0.4) is 0 Å². The summed E-state index contributed by atoms with van der Waals surface area (Å²) in [5.41, 5.74) is -0.216. The molecule has 1 aromatic heterocycles. The topological polar surface area (TPSA) is 93.5 Å². The molecule has 1 fully saturated rings. The summed E-state index contributed by atoms with van der Waals surface area (Å²) in [6.07, 6.45) is 6.18. The van der Waals surface area contributed by atoms with E-state index in [0.717, 1.165) is 38.5 Å². The maximum absolute atomic E-state index is 13.8. The number of nitrogens with one attached hydrogen (secondary N) is 1. The quantitative estimate of drug-likeness (QED) is 0.562. The van der Waals surface area contributed by atoms with E-state index in [1.54, 1.807) is 13.8 Å². The van der Waals surface area contributed by atoms with E-state index in [2.05, 4.69) is 10.4 Å². The molecule has 4 rings (SSSR count). The largest absolute Gasteiger partial charge is 0.464 e. The summed E-state index contributed by atoms with van der Waals surface area (Å²) >= 11 is 0. The van der Waals surface area contributed by atoms with Gasteiger partial charge >= 0.3 is 5.97 Å². The van der Waals surface area contributed by atoms with Crippen molar-refractivity contribution in [2.45, 2.75) is 70.5 Å². The number of benzene rings is 1. The molecule has 9 heteroatoms. The number of hydrogen-bond donors (Lipinski definition) is 1. The van der Waals surface area contributed by atoms with Gasteiger partial charge in [0.1, 0.15) is 17.1 Å². The monoisotopic (exact) mass is 456 g/mol. The Balaban J connectivity index is 1.77. The Morgan fingerprint density at radius 3 is 2.52 bits per heavy atom. The number of carbonyl (C=O) groups is 3. The molecule has 176 valence electrons. The molecule has 2 aliphatic rings. The number of nitrogens with zero attached hydrogens (tertiary/aromatic N) is 3. The Morgan fingerprint density at radius 2 is 1.88 bits per heavy atom. The summed E-state index contributed by atoms with van der Waals surface area (Å²) in [6, 6.07) is 5.51. The van der Waals surface area contributed by atoms with E-state index in [0.29, 0.717) is 11.3 Å². The fourth-order valence-electron chi connectivity index (χ4n) is 4.80. The first-order valence-electron chi connectivity index (χ1n) is 11.3. The number of carbonyl (C=O) groups excluding carboxylic acids is 3. The van der Waals surface area contributed by atoms with E-state index >= 15 is 0 Å². The van der Waals surface area contributed by atoms with Crippen molar-refractivity contribution in [1.82, 2.24) is 15.1 Å². The molecule has 1 aliphatic heterocycles. The van der Waals surface area contributed by atoms with Crippen LogP contribution in [0.1, 0.15) is 72.0 Å². The van der Waals surface area contributed by atoms with Crippen LogP contribution in [0.4, 0.5) is 10.1 Å². The molecule has 2 amide bonds.